The number of β-lactam (4-membered cyclic amide) rings is 1. The molecule has 0 spiro atoms. The molecule has 2 aliphatic rings. The molecule has 21 heavy (non-hydrogen) atoms. The largest absolute Gasteiger partial charge is 0.478 e. The molecule has 0 aromatic carbocycles. The number of nitrogens with two attached hydrogens (primary N) is 1. The van der Waals surface area contributed by atoms with Crippen molar-refractivity contribution < 1.29 is 14.7 Å². The van der Waals surface area contributed by atoms with Gasteiger partial charge in [0.2, 0.25) is 11.1 Å². The van der Waals surface area contributed by atoms with Gasteiger partial charge in [-0.3, -0.25) is 4.79 Å². The second kappa shape index (κ2) is 5.31. The predicted molar refractivity (Wildman–Crippen MR) is 75.2 cm³/mol. The van der Waals surface area contributed by atoms with Crippen molar-refractivity contribution >= 4 is 35.4 Å². The molecule has 4 atom stereocenters. The number of hydrogen-bond acceptors (Lipinski definition) is 8. The second-order valence-corrected chi connectivity index (χ2v) is 7.27. The molecule has 9 nitrogen and oxygen atoms in total. The summed E-state index contributed by atoms with van der Waals surface area (Å²) in [5.41, 5.74) is 5.95. The van der Waals surface area contributed by atoms with Gasteiger partial charge >= 0.3 is 5.97 Å². The average Bonchev–Trinajstić information content (AvgIpc) is 2.97. The number of aromatic nitrogens is 4. The molecule has 0 bridgehead atoms. The van der Waals surface area contributed by atoms with Gasteiger partial charge in [0, 0.05) is 11.4 Å². The van der Waals surface area contributed by atoms with E-state index in [4.69, 9.17) is 5.73 Å². The SMILES string of the molecule is CC(Sc1nnn[nH]1)C1S[C@@H]2C(N)C(=O)N2C=C1C(=O)O. The fraction of sp³-hybridized carbons (Fsp3) is 0.500. The lowest BCUT2D eigenvalue weighted by Gasteiger charge is -2.48. The fourth-order valence-corrected chi connectivity index (χ4v) is 4.79. The minimum atomic E-state index is -1.04. The van der Waals surface area contributed by atoms with Crippen molar-refractivity contribution in [1.82, 2.24) is 25.5 Å². The molecule has 0 saturated carbocycles. The molecule has 11 heteroatoms. The highest BCUT2D eigenvalue weighted by Gasteiger charge is 2.50. The van der Waals surface area contributed by atoms with Gasteiger partial charge in [0.1, 0.15) is 11.4 Å². The maximum atomic E-state index is 11.6. The molecule has 3 rings (SSSR count). The number of tetrazole rings is 1. The Labute approximate surface area is 127 Å². The fourth-order valence-electron chi connectivity index (χ4n) is 2.22. The summed E-state index contributed by atoms with van der Waals surface area (Å²) < 4.78 is 0. The molecule has 3 unspecified atom stereocenters. The normalized spacial score (nSPS) is 29.4. The summed E-state index contributed by atoms with van der Waals surface area (Å²) in [4.78, 5) is 24.4. The Morgan fingerprint density at radius 2 is 2.43 bits per heavy atom. The van der Waals surface area contributed by atoms with Gasteiger partial charge in [-0.25, -0.2) is 9.89 Å². The maximum Gasteiger partial charge on any atom is 0.334 e. The van der Waals surface area contributed by atoms with Crippen molar-refractivity contribution in [3.8, 4) is 0 Å². The number of nitrogens with zero attached hydrogens (tertiary/aromatic N) is 4. The zero-order chi connectivity index (χ0) is 15.1. The summed E-state index contributed by atoms with van der Waals surface area (Å²) >= 11 is 2.73. The molecule has 1 amide bonds. The molecular weight excluding hydrogens is 316 g/mol. The summed E-state index contributed by atoms with van der Waals surface area (Å²) in [5, 5.41) is 22.6. The molecule has 1 aromatic heterocycles. The number of carbonyl (C=O) groups excluding carboxylic acids is 1. The van der Waals surface area contributed by atoms with Crippen LogP contribution in [0.4, 0.5) is 0 Å². The van der Waals surface area contributed by atoms with E-state index in [9.17, 15) is 14.7 Å². The summed E-state index contributed by atoms with van der Waals surface area (Å²) in [6.45, 7) is 1.89. The van der Waals surface area contributed by atoms with Crippen LogP contribution < -0.4 is 5.73 Å². The van der Waals surface area contributed by atoms with Crippen molar-refractivity contribution in [2.24, 2.45) is 5.73 Å². The second-order valence-electron chi connectivity index (χ2n) is 4.64. The number of hydrogen-bond donors (Lipinski definition) is 3. The Kier molecular flexibility index (Phi) is 3.63. The third-order valence-electron chi connectivity index (χ3n) is 3.29. The van der Waals surface area contributed by atoms with E-state index in [1.54, 1.807) is 0 Å². The van der Waals surface area contributed by atoms with Crippen LogP contribution in [0.1, 0.15) is 6.92 Å². The van der Waals surface area contributed by atoms with Gasteiger partial charge in [0.15, 0.2) is 0 Å². The van der Waals surface area contributed by atoms with Gasteiger partial charge in [0.25, 0.3) is 0 Å². The van der Waals surface area contributed by atoms with Crippen molar-refractivity contribution in [2.45, 2.75) is 34.0 Å². The van der Waals surface area contributed by atoms with Crippen LogP contribution in [-0.4, -0.2) is 64.4 Å². The highest BCUT2D eigenvalue weighted by atomic mass is 32.2. The molecule has 0 aliphatic carbocycles. The Hall–Kier alpha value is -1.59. The van der Waals surface area contributed by atoms with Crippen molar-refractivity contribution in [3.63, 3.8) is 0 Å². The van der Waals surface area contributed by atoms with E-state index in [0.29, 0.717) is 5.16 Å². The number of aliphatic carboxylic acids is 1. The van der Waals surface area contributed by atoms with Crippen molar-refractivity contribution in [3.05, 3.63) is 11.8 Å². The summed E-state index contributed by atoms with van der Waals surface area (Å²) in [6.07, 6.45) is 1.40. The number of H-pyrrole nitrogens is 1. The number of thioether (sulfide) groups is 2. The van der Waals surface area contributed by atoms with Crippen LogP contribution in [0.25, 0.3) is 0 Å². The van der Waals surface area contributed by atoms with Gasteiger partial charge in [-0.2, -0.15) is 0 Å². The van der Waals surface area contributed by atoms with Crippen LogP contribution in [0.2, 0.25) is 0 Å². The zero-order valence-electron chi connectivity index (χ0n) is 10.8. The summed E-state index contributed by atoms with van der Waals surface area (Å²) in [6, 6.07) is -0.576. The highest BCUT2D eigenvalue weighted by molar-refractivity contribution is 8.04. The number of carbonyl (C=O) groups is 2. The third-order valence-corrected chi connectivity index (χ3v) is 6.26. The van der Waals surface area contributed by atoms with Gasteiger partial charge in [-0.05, 0) is 10.4 Å². The van der Waals surface area contributed by atoms with Crippen LogP contribution in [0.3, 0.4) is 0 Å². The van der Waals surface area contributed by atoms with Crippen molar-refractivity contribution in [2.75, 3.05) is 0 Å². The molecule has 1 aromatic rings. The van der Waals surface area contributed by atoms with Crippen LogP contribution in [0.5, 0.6) is 0 Å². The molecule has 3 heterocycles. The van der Waals surface area contributed by atoms with Crippen LogP contribution in [0.15, 0.2) is 16.9 Å². The molecular formula is C10H12N6O3S2. The molecule has 1 saturated heterocycles. The van der Waals surface area contributed by atoms with E-state index in [0.717, 1.165) is 0 Å². The topological polar surface area (TPSA) is 138 Å². The van der Waals surface area contributed by atoms with Gasteiger partial charge in [-0.1, -0.05) is 18.7 Å². The summed E-state index contributed by atoms with van der Waals surface area (Å²) in [5.74, 6) is -1.29. The van der Waals surface area contributed by atoms with E-state index in [1.807, 2.05) is 6.92 Å². The first-order valence-corrected chi connectivity index (χ1v) is 7.90. The van der Waals surface area contributed by atoms with Crippen LogP contribution in [-0.2, 0) is 9.59 Å². The first kappa shape index (κ1) is 14.4. The number of aromatic amines is 1. The molecule has 1 fully saturated rings. The standard InChI is InChI=1S/C10H12N6O3S2/c1-3(20-10-12-14-15-13-10)6-4(9(18)19)2-16-7(17)5(11)8(16)21-6/h2-3,5-6,8H,11H2,1H3,(H,18,19)(H,12,13,14,15)/t3?,5?,6?,8-/m1/s1. The lowest BCUT2D eigenvalue weighted by Crippen LogP contribution is -2.67. The predicted octanol–water partition coefficient (Wildman–Crippen LogP) is -0.740. The number of amides is 1. The molecule has 4 N–H and O–H groups in total. The van der Waals surface area contributed by atoms with Gasteiger partial charge in [-0.15, -0.1) is 16.9 Å². The number of carboxylic acid groups (broad SMARTS) is 1. The third kappa shape index (κ3) is 2.40. The number of nitrogens with one attached hydrogen (secondary N) is 1. The molecule has 2 aliphatic heterocycles. The van der Waals surface area contributed by atoms with E-state index >= 15 is 0 Å². The quantitative estimate of drug-likeness (QED) is 0.481. The Morgan fingerprint density at radius 3 is 3.05 bits per heavy atom. The lowest BCUT2D eigenvalue weighted by molar-refractivity contribution is -0.140. The molecule has 112 valence electrons. The number of rotatable bonds is 4. The van der Waals surface area contributed by atoms with E-state index in [-0.39, 0.29) is 27.4 Å². The monoisotopic (exact) mass is 328 g/mol. The smallest absolute Gasteiger partial charge is 0.334 e. The van der Waals surface area contributed by atoms with Crippen LogP contribution >= 0.6 is 23.5 Å². The first-order valence-electron chi connectivity index (χ1n) is 6.07. The average molecular weight is 328 g/mol. The Morgan fingerprint density at radius 1 is 1.67 bits per heavy atom. The first-order chi connectivity index (χ1) is 9.99. The minimum Gasteiger partial charge on any atom is -0.478 e. The zero-order valence-corrected chi connectivity index (χ0v) is 12.5. The Balaban J connectivity index is 1.82. The van der Waals surface area contributed by atoms with Crippen molar-refractivity contribution in [1.29, 1.82) is 0 Å². The lowest BCUT2D eigenvalue weighted by atomic mass is 10.1. The maximum absolute atomic E-state index is 11.6. The van der Waals surface area contributed by atoms with Crippen LogP contribution in [0, 0.1) is 0 Å². The number of carboxylic acids is 1. The Bertz CT molecular complexity index is 606. The van der Waals surface area contributed by atoms with E-state index in [1.165, 1.54) is 34.6 Å². The highest BCUT2D eigenvalue weighted by Crippen LogP contribution is 2.44. The van der Waals surface area contributed by atoms with Gasteiger partial charge < -0.3 is 15.7 Å². The summed E-state index contributed by atoms with van der Waals surface area (Å²) in [7, 11) is 0. The van der Waals surface area contributed by atoms with E-state index < -0.39 is 12.0 Å². The molecule has 0 radical (unpaired) electrons. The minimum absolute atomic E-state index is 0.0999. The number of fused-ring (bicyclic) bond motifs is 1. The van der Waals surface area contributed by atoms with Gasteiger partial charge in [0.05, 0.1) is 10.8 Å². The van der Waals surface area contributed by atoms with E-state index in [2.05, 4.69) is 20.6 Å².